The first kappa shape index (κ1) is 16.7. The fraction of sp³-hybridized carbons (Fsp3) is 0.167. The Hall–Kier alpha value is -3.75. The number of carbonyl (C=O) groups excluding carboxylic acids is 1. The van der Waals surface area contributed by atoms with Gasteiger partial charge < -0.3 is 25.3 Å². The highest BCUT2D eigenvalue weighted by molar-refractivity contribution is 5.96. The van der Waals surface area contributed by atoms with Crippen molar-refractivity contribution < 1.29 is 19.0 Å². The van der Waals surface area contributed by atoms with Gasteiger partial charge in [0.2, 0.25) is 6.79 Å². The van der Waals surface area contributed by atoms with Crippen LogP contribution in [-0.2, 0) is 6.54 Å². The van der Waals surface area contributed by atoms with Gasteiger partial charge in [-0.25, -0.2) is 0 Å². The third kappa shape index (κ3) is 3.22. The summed E-state index contributed by atoms with van der Waals surface area (Å²) in [5, 5.41) is 10.7. The Labute approximate surface area is 154 Å². The number of benzene rings is 2. The van der Waals surface area contributed by atoms with Crippen LogP contribution >= 0.6 is 0 Å². The zero-order valence-electron chi connectivity index (χ0n) is 14.5. The van der Waals surface area contributed by atoms with Crippen LogP contribution in [0, 0.1) is 0 Å². The lowest BCUT2D eigenvalue weighted by Crippen LogP contribution is -2.24. The van der Waals surface area contributed by atoms with Crippen molar-refractivity contribution >= 4 is 11.7 Å². The molecule has 0 saturated carbocycles. The highest BCUT2D eigenvalue weighted by atomic mass is 16.7. The summed E-state index contributed by atoms with van der Waals surface area (Å²) in [4.78, 5) is 12.4. The van der Waals surface area contributed by atoms with Gasteiger partial charge in [-0.3, -0.25) is 4.79 Å². The molecule has 0 fully saturated rings. The predicted octanol–water partition coefficient (Wildman–Crippen LogP) is 1.52. The Morgan fingerprint density at radius 3 is 2.78 bits per heavy atom. The van der Waals surface area contributed by atoms with Gasteiger partial charge in [0.25, 0.3) is 5.91 Å². The molecule has 2 heterocycles. The Balaban J connectivity index is 1.46. The molecule has 9 heteroatoms. The standard InChI is InChI=1S/C18H17N5O4/c1-25-13-5-3-12(4-6-13)23-17(19)16(21-22-23)18(24)20-9-11-2-7-14-15(8-11)27-10-26-14/h2-8H,9-10,19H2,1H3,(H,20,24). The van der Waals surface area contributed by atoms with Crippen LogP contribution in [0.3, 0.4) is 0 Å². The van der Waals surface area contributed by atoms with E-state index in [1.54, 1.807) is 37.4 Å². The van der Waals surface area contributed by atoms with Crippen LogP contribution in [0.25, 0.3) is 5.69 Å². The first-order chi connectivity index (χ1) is 13.2. The van der Waals surface area contributed by atoms with E-state index in [9.17, 15) is 4.79 Å². The summed E-state index contributed by atoms with van der Waals surface area (Å²) >= 11 is 0. The van der Waals surface area contributed by atoms with Gasteiger partial charge in [-0.1, -0.05) is 11.3 Å². The normalized spacial score (nSPS) is 12.0. The van der Waals surface area contributed by atoms with E-state index in [0.717, 1.165) is 5.56 Å². The monoisotopic (exact) mass is 367 g/mol. The van der Waals surface area contributed by atoms with Crippen molar-refractivity contribution in [3.8, 4) is 22.9 Å². The van der Waals surface area contributed by atoms with Crippen molar-refractivity contribution in [2.45, 2.75) is 6.54 Å². The van der Waals surface area contributed by atoms with E-state index in [-0.39, 0.29) is 18.3 Å². The molecule has 0 radical (unpaired) electrons. The molecule has 27 heavy (non-hydrogen) atoms. The number of aromatic nitrogens is 3. The van der Waals surface area contributed by atoms with Crippen LogP contribution in [-0.4, -0.2) is 34.8 Å². The van der Waals surface area contributed by atoms with Crippen LogP contribution in [0.4, 0.5) is 5.82 Å². The second kappa shape index (κ2) is 6.87. The third-order valence-electron chi connectivity index (χ3n) is 4.13. The average molecular weight is 367 g/mol. The Morgan fingerprint density at radius 2 is 2.00 bits per heavy atom. The number of methoxy groups -OCH3 is 1. The predicted molar refractivity (Wildman–Crippen MR) is 96.1 cm³/mol. The largest absolute Gasteiger partial charge is 0.497 e. The Morgan fingerprint density at radius 1 is 1.22 bits per heavy atom. The summed E-state index contributed by atoms with van der Waals surface area (Å²) < 4.78 is 17.1. The first-order valence-corrected chi connectivity index (χ1v) is 8.18. The maximum atomic E-state index is 12.4. The number of nitrogens with zero attached hydrogens (tertiary/aromatic N) is 3. The molecule has 1 aliphatic heterocycles. The van der Waals surface area contributed by atoms with Gasteiger partial charge in [0, 0.05) is 6.54 Å². The number of carbonyl (C=O) groups is 1. The van der Waals surface area contributed by atoms with E-state index < -0.39 is 5.91 Å². The average Bonchev–Trinajstić information content (AvgIpc) is 3.32. The molecule has 0 saturated heterocycles. The summed E-state index contributed by atoms with van der Waals surface area (Å²) in [7, 11) is 1.58. The summed E-state index contributed by atoms with van der Waals surface area (Å²) in [6.45, 7) is 0.500. The molecule has 3 aromatic rings. The molecule has 138 valence electrons. The molecule has 0 spiro atoms. The van der Waals surface area contributed by atoms with Crippen molar-refractivity contribution in [3.05, 3.63) is 53.7 Å². The van der Waals surface area contributed by atoms with Crippen LogP contribution < -0.4 is 25.3 Å². The molecular formula is C18H17N5O4. The van der Waals surface area contributed by atoms with Crippen molar-refractivity contribution in [2.24, 2.45) is 0 Å². The second-order valence-corrected chi connectivity index (χ2v) is 5.80. The number of ether oxygens (including phenoxy) is 3. The molecule has 1 amide bonds. The van der Waals surface area contributed by atoms with Crippen molar-refractivity contribution in [1.29, 1.82) is 0 Å². The lowest BCUT2D eigenvalue weighted by Gasteiger charge is -2.06. The number of nitrogen functional groups attached to an aromatic ring is 1. The van der Waals surface area contributed by atoms with Crippen LogP contribution in [0.1, 0.15) is 16.1 Å². The number of fused-ring (bicyclic) bond motifs is 1. The van der Waals surface area contributed by atoms with Gasteiger partial charge in [-0.2, -0.15) is 4.68 Å². The number of rotatable bonds is 5. The summed E-state index contributed by atoms with van der Waals surface area (Å²) in [6.07, 6.45) is 0. The van der Waals surface area contributed by atoms with E-state index in [2.05, 4.69) is 15.6 Å². The van der Waals surface area contributed by atoms with Gasteiger partial charge in [0.05, 0.1) is 12.8 Å². The van der Waals surface area contributed by atoms with Crippen LogP contribution in [0.2, 0.25) is 0 Å². The lowest BCUT2D eigenvalue weighted by molar-refractivity contribution is 0.0946. The molecule has 9 nitrogen and oxygen atoms in total. The molecule has 4 rings (SSSR count). The highest BCUT2D eigenvalue weighted by Crippen LogP contribution is 2.32. The van der Waals surface area contributed by atoms with E-state index in [1.165, 1.54) is 4.68 Å². The molecule has 0 atom stereocenters. The molecule has 2 aromatic carbocycles. The number of nitrogens with two attached hydrogens (primary N) is 1. The van der Waals surface area contributed by atoms with Crippen LogP contribution in [0.15, 0.2) is 42.5 Å². The fourth-order valence-electron chi connectivity index (χ4n) is 2.68. The van der Waals surface area contributed by atoms with E-state index in [4.69, 9.17) is 19.9 Å². The topological polar surface area (TPSA) is 114 Å². The minimum atomic E-state index is -0.412. The van der Waals surface area contributed by atoms with Crippen molar-refractivity contribution in [1.82, 2.24) is 20.3 Å². The summed E-state index contributed by atoms with van der Waals surface area (Å²) in [5.74, 6) is 1.80. The fourth-order valence-corrected chi connectivity index (χ4v) is 2.68. The van der Waals surface area contributed by atoms with E-state index in [1.807, 2.05) is 12.1 Å². The first-order valence-electron chi connectivity index (χ1n) is 8.18. The molecule has 0 unspecified atom stereocenters. The Kier molecular flexibility index (Phi) is 4.25. The number of anilines is 1. The van der Waals surface area contributed by atoms with Gasteiger partial charge >= 0.3 is 0 Å². The maximum absolute atomic E-state index is 12.4. The zero-order valence-corrected chi connectivity index (χ0v) is 14.5. The Bertz CT molecular complexity index is 984. The minimum Gasteiger partial charge on any atom is -0.497 e. The smallest absolute Gasteiger partial charge is 0.275 e. The van der Waals surface area contributed by atoms with Crippen molar-refractivity contribution in [3.63, 3.8) is 0 Å². The van der Waals surface area contributed by atoms with Gasteiger partial charge in [-0.05, 0) is 42.0 Å². The summed E-state index contributed by atoms with van der Waals surface area (Å²) in [6, 6.07) is 12.6. The summed E-state index contributed by atoms with van der Waals surface area (Å²) in [5.41, 5.74) is 7.67. The van der Waals surface area contributed by atoms with Crippen molar-refractivity contribution in [2.75, 3.05) is 19.6 Å². The van der Waals surface area contributed by atoms with Gasteiger partial charge in [-0.15, -0.1) is 5.10 Å². The molecule has 1 aromatic heterocycles. The number of hydrogen-bond acceptors (Lipinski definition) is 7. The van der Waals surface area contributed by atoms with E-state index >= 15 is 0 Å². The molecule has 0 aliphatic carbocycles. The number of hydrogen-bond donors (Lipinski definition) is 2. The second-order valence-electron chi connectivity index (χ2n) is 5.80. The zero-order chi connectivity index (χ0) is 18.8. The maximum Gasteiger partial charge on any atom is 0.275 e. The van der Waals surface area contributed by atoms with E-state index in [0.29, 0.717) is 29.5 Å². The van der Waals surface area contributed by atoms with Crippen LogP contribution in [0.5, 0.6) is 17.2 Å². The van der Waals surface area contributed by atoms with Gasteiger partial charge in [0.15, 0.2) is 23.0 Å². The molecule has 0 bridgehead atoms. The van der Waals surface area contributed by atoms with Gasteiger partial charge in [0.1, 0.15) is 5.75 Å². The third-order valence-corrected chi connectivity index (χ3v) is 4.13. The lowest BCUT2D eigenvalue weighted by atomic mass is 10.2. The quantitative estimate of drug-likeness (QED) is 0.703. The SMILES string of the molecule is COc1ccc(-n2nnc(C(=O)NCc3ccc4c(c3)OCO4)c2N)cc1. The minimum absolute atomic E-state index is 0.0616. The molecule has 3 N–H and O–H groups in total. The highest BCUT2D eigenvalue weighted by Gasteiger charge is 2.19. The molecular weight excluding hydrogens is 350 g/mol. The number of amides is 1. The number of nitrogens with one attached hydrogen (secondary N) is 1. The molecule has 1 aliphatic rings.